The number of nitrogen functional groups attached to an aromatic ring is 1. The topological polar surface area (TPSA) is 63.4 Å². The van der Waals surface area contributed by atoms with E-state index in [2.05, 4.69) is 0 Å². The fourth-order valence-corrected chi connectivity index (χ4v) is 3.59. The number of alkyl halides is 2. The van der Waals surface area contributed by atoms with E-state index >= 15 is 0 Å². The molecule has 0 amide bonds. The highest BCUT2D eigenvalue weighted by Crippen LogP contribution is 2.33. The Bertz CT molecular complexity index is 528. The number of anilines is 1. The van der Waals surface area contributed by atoms with E-state index in [0.717, 1.165) is 7.05 Å². The van der Waals surface area contributed by atoms with E-state index in [1.165, 1.54) is 12.1 Å². The first-order valence-corrected chi connectivity index (χ1v) is 6.85. The summed E-state index contributed by atoms with van der Waals surface area (Å²) in [6.07, 6.45) is -2.80. The van der Waals surface area contributed by atoms with Crippen LogP contribution in [-0.2, 0) is 10.0 Å². The van der Waals surface area contributed by atoms with Crippen molar-refractivity contribution in [2.75, 3.05) is 19.3 Å². The molecule has 0 saturated heterocycles. The molecule has 0 bridgehead atoms. The number of rotatable bonds is 4. The molecule has 0 fully saturated rings. The van der Waals surface area contributed by atoms with Gasteiger partial charge in [0.1, 0.15) is 4.90 Å². The molecular formula is C9H10Cl2F2N2O2S. The number of hydrogen-bond acceptors (Lipinski definition) is 3. The molecule has 0 saturated carbocycles. The van der Waals surface area contributed by atoms with Crippen molar-refractivity contribution < 1.29 is 17.2 Å². The molecule has 0 radical (unpaired) electrons. The van der Waals surface area contributed by atoms with Gasteiger partial charge < -0.3 is 5.73 Å². The average Bonchev–Trinajstić information content (AvgIpc) is 2.13. The Morgan fingerprint density at radius 1 is 1.33 bits per heavy atom. The minimum absolute atomic E-state index is 0.181. The third-order valence-corrected chi connectivity index (χ3v) is 4.83. The summed E-state index contributed by atoms with van der Waals surface area (Å²) in [6.45, 7) is -0.945. The van der Waals surface area contributed by atoms with Crippen molar-refractivity contribution in [3.63, 3.8) is 0 Å². The predicted octanol–water partition coefficient (Wildman–Crippen LogP) is 2.46. The fourth-order valence-electron chi connectivity index (χ4n) is 1.27. The standard InChI is InChI=1S/C9H10Cl2F2N2O2S/c1-15(4-8(12)13)18(16,17)9-6(10)2-5(14)3-7(9)11/h2-3,8H,4,14H2,1H3. The maximum absolute atomic E-state index is 12.2. The van der Waals surface area contributed by atoms with Crippen LogP contribution in [0, 0.1) is 0 Å². The van der Waals surface area contributed by atoms with Crippen LogP contribution < -0.4 is 5.73 Å². The molecule has 4 nitrogen and oxygen atoms in total. The quantitative estimate of drug-likeness (QED) is 0.867. The van der Waals surface area contributed by atoms with E-state index in [9.17, 15) is 17.2 Å². The minimum Gasteiger partial charge on any atom is -0.399 e. The molecule has 9 heteroatoms. The highest BCUT2D eigenvalue weighted by Gasteiger charge is 2.28. The number of sulfonamides is 1. The molecule has 0 aliphatic heterocycles. The first-order chi connectivity index (χ1) is 8.16. The van der Waals surface area contributed by atoms with Crippen molar-refractivity contribution in [2.24, 2.45) is 0 Å². The minimum atomic E-state index is -4.18. The number of benzene rings is 1. The zero-order valence-electron chi connectivity index (χ0n) is 9.20. The van der Waals surface area contributed by atoms with Gasteiger partial charge >= 0.3 is 0 Å². The van der Waals surface area contributed by atoms with Gasteiger partial charge in [0.2, 0.25) is 10.0 Å². The lowest BCUT2D eigenvalue weighted by molar-refractivity contribution is 0.126. The molecule has 0 heterocycles. The molecule has 0 spiro atoms. The van der Waals surface area contributed by atoms with Gasteiger partial charge in [-0.2, -0.15) is 4.31 Å². The fraction of sp³-hybridized carbons (Fsp3) is 0.333. The smallest absolute Gasteiger partial charge is 0.252 e. The van der Waals surface area contributed by atoms with E-state index in [4.69, 9.17) is 28.9 Å². The van der Waals surface area contributed by atoms with Crippen LogP contribution in [0.5, 0.6) is 0 Å². The summed E-state index contributed by atoms with van der Waals surface area (Å²) in [5.41, 5.74) is 5.61. The number of hydrogen-bond donors (Lipinski definition) is 1. The molecule has 0 aliphatic rings. The van der Waals surface area contributed by atoms with Crippen molar-refractivity contribution >= 4 is 38.9 Å². The third-order valence-electron chi connectivity index (χ3n) is 2.08. The molecule has 0 unspecified atom stereocenters. The van der Waals surface area contributed by atoms with Gasteiger partial charge in [0.15, 0.2) is 0 Å². The second-order valence-electron chi connectivity index (χ2n) is 3.49. The zero-order valence-corrected chi connectivity index (χ0v) is 11.5. The van der Waals surface area contributed by atoms with Crippen molar-refractivity contribution in [3.8, 4) is 0 Å². The average molecular weight is 319 g/mol. The Kier molecular flexibility index (Phi) is 4.77. The molecule has 1 rings (SSSR count). The van der Waals surface area contributed by atoms with Crippen molar-refractivity contribution in [3.05, 3.63) is 22.2 Å². The Hall–Kier alpha value is -0.630. The summed E-state index contributed by atoms with van der Waals surface area (Å²) >= 11 is 11.5. The second-order valence-corrected chi connectivity index (χ2v) is 6.29. The lowest BCUT2D eigenvalue weighted by Crippen LogP contribution is -2.31. The van der Waals surface area contributed by atoms with E-state index in [0.29, 0.717) is 4.31 Å². The SMILES string of the molecule is CN(CC(F)F)S(=O)(=O)c1c(Cl)cc(N)cc1Cl. The first kappa shape index (κ1) is 15.4. The molecule has 2 N–H and O–H groups in total. The van der Waals surface area contributed by atoms with Crippen LogP contribution >= 0.6 is 23.2 Å². The zero-order chi connectivity index (χ0) is 14.1. The summed E-state index contributed by atoms with van der Waals surface area (Å²) in [6, 6.07) is 2.38. The Balaban J connectivity index is 3.29. The maximum Gasteiger partial charge on any atom is 0.252 e. The number of nitrogens with zero attached hydrogens (tertiary/aromatic N) is 1. The second kappa shape index (κ2) is 5.56. The van der Waals surface area contributed by atoms with Crippen LogP contribution in [-0.4, -0.2) is 32.7 Å². The molecule has 1 aromatic carbocycles. The summed E-state index contributed by atoms with van der Waals surface area (Å²) in [4.78, 5) is -0.428. The van der Waals surface area contributed by atoms with E-state index in [1.54, 1.807) is 0 Å². The summed E-state index contributed by atoms with van der Waals surface area (Å²) in [5, 5.41) is -0.415. The van der Waals surface area contributed by atoms with Crippen LogP contribution in [0.3, 0.4) is 0 Å². The first-order valence-electron chi connectivity index (χ1n) is 4.65. The van der Waals surface area contributed by atoms with Crippen LogP contribution in [0.15, 0.2) is 17.0 Å². The number of nitrogens with two attached hydrogens (primary N) is 1. The Morgan fingerprint density at radius 3 is 2.17 bits per heavy atom. The highest BCUT2D eigenvalue weighted by atomic mass is 35.5. The van der Waals surface area contributed by atoms with Gasteiger partial charge in [-0.15, -0.1) is 0 Å². The third kappa shape index (κ3) is 3.23. The molecule has 0 aromatic heterocycles. The van der Waals surface area contributed by atoms with Crippen molar-refractivity contribution in [2.45, 2.75) is 11.3 Å². The molecule has 0 aliphatic carbocycles. The van der Waals surface area contributed by atoms with Gasteiger partial charge in [-0.05, 0) is 12.1 Å². The molecule has 18 heavy (non-hydrogen) atoms. The van der Waals surface area contributed by atoms with E-state index in [1.807, 2.05) is 0 Å². The largest absolute Gasteiger partial charge is 0.399 e. The van der Waals surface area contributed by atoms with E-state index in [-0.39, 0.29) is 15.7 Å². The maximum atomic E-state index is 12.2. The van der Waals surface area contributed by atoms with Gasteiger partial charge in [0, 0.05) is 12.7 Å². The van der Waals surface area contributed by atoms with Crippen molar-refractivity contribution in [1.82, 2.24) is 4.31 Å². The van der Waals surface area contributed by atoms with Crippen LogP contribution in [0.4, 0.5) is 14.5 Å². The Labute approximate surface area is 113 Å². The number of halogens is 4. The van der Waals surface area contributed by atoms with Gasteiger partial charge in [-0.25, -0.2) is 17.2 Å². The predicted molar refractivity (Wildman–Crippen MR) is 66.7 cm³/mol. The molecular weight excluding hydrogens is 309 g/mol. The monoisotopic (exact) mass is 318 g/mol. The molecule has 0 atom stereocenters. The lowest BCUT2D eigenvalue weighted by Gasteiger charge is -2.18. The lowest BCUT2D eigenvalue weighted by atomic mass is 10.3. The molecule has 102 valence electrons. The normalized spacial score (nSPS) is 12.4. The van der Waals surface area contributed by atoms with Gasteiger partial charge in [-0.1, -0.05) is 23.2 Å². The van der Waals surface area contributed by atoms with E-state index < -0.39 is 27.9 Å². The van der Waals surface area contributed by atoms with Crippen LogP contribution in [0.2, 0.25) is 10.0 Å². The van der Waals surface area contributed by atoms with Crippen LogP contribution in [0.25, 0.3) is 0 Å². The summed E-state index contributed by atoms with van der Waals surface area (Å²) < 4.78 is 48.9. The van der Waals surface area contributed by atoms with Crippen LogP contribution in [0.1, 0.15) is 0 Å². The van der Waals surface area contributed by atoms with Crippen molar-refractivity contribution in [1.29, 1.82) is 0 Å². The summed E-state index contributed by atoms with van der Waals surface area (Å²) in [5.74, 6) is 0. The Morgan fingerprint density at radius 2 is 1.78 bits per heavy atom. The highest BCUT2D eigenvalue weighted by molar-refractivity contribution is 7.89. The summed E-state index contributed by atoms with van der Waals surface area (Å²) in [7, 11) is -3.16. The van der Waals surface area contributed by atoms with Gasteiger partial charge in [0.05, 0.1) is 16.6 Å². The van der Waals surface area contributed by atoms with Gasteiger partial charge in [0.25, 0.3) is 6.43 Å². The molecule has 1 aromatic rings. The van der Waals surface area contributed by atoms with Gasteiger partial charge in [-0.3, -0.25) is 0 Å².